The first-order chi connectivity index (χ1) is 13.0. The van der Waals surface area contributed by atoms with E-state index >= 15 is 0 Å². The molecule has 2 aromatic heterocycles. The first-order valence-electron chi connectivity index (χ1n) is 8.59. The maximum Gasteiger partial charge on any atom is 0.254 e. The van der Waals surface area contributed by atoms with Crippen LogP contribution in [0, 0.1) is 13.8 Å². The van der Waals surface area contributed by atoms with Crippen LogP contribution in [0.15, 0.2) is 52.9 Å². The van der Waals surface area contributed by atoms with E-state index in [4.69, 9.17) is 4.74 Å². The summed E-state index contributed by atoms with van der Waals surface area (Å²) in [5, 5.41) is 4.68. The van der Waals surface area contributed by atoms with E-state index in [1.807, 2.05) is 43.5 Å². The molecule has 0 aliphatic heterocycles. The van der Waals surface area contributed by atoms with Crippen molar-refractivity contribution in [3.8, 4) is 16.3 Å². The number of hydrogen-bond donors (Lipinski definition) is 1. The quantitative estimate of drug-likeness (QED) is 0.637. The largest absolute Gasteiger partial charge is 0.492 e. The third-order valence-electron chi connectivity index (χ3n) is 3.86. The molecule has 0 fully saturated rings. The van der Waals surface area contributed by atoms with Crippen molar-refractivity contribution in [2.24, 2.45) is 0 Å². The highest BCUT2D eigenvalue weighted by Gasteiger charge is 2.07. The zero-order chi connectivity index (χ0) is 19.2. The molecule has 0 radical (unpaired) electrons. The van der Waals surface area contributed by atoms with Crippen LogP contribution in [0.5, 0.6) is 5.75 Å². The number of carbonyl (C=O) groups is 1. The van der Waals surface area contributed by atoms with Crippen molar-refractivity contribution in [2.75, 3.05) is 13.2 Å². The Morgan fingerprint density at radius 2 is 2.00 bits per heavy atom. The van der Waals surface area contributed by atoms with Crippen LogP contribution in [0.1, 0.15) is 11.1 Å². The van der Waals surface area contributed by atoms with Gasteiger partial charge in [-0.1, -0.05) is 12.1 Å². The Hall–Kier alpha value is -2.93. The Morgan fingerprint density at radius 1 is 1.22 bits per heavy atom. The second-order valence-electron chi connectivity index (χ2n) is 6.24. The lowest BCUT2D eigenvalue weighted by Crippen LogP contribution is -2.34. The van der Waals surface area contributed by atoms with Crippen LogP contribution in [-0.4, -0.2) is 28.6 Å². The van der Waals surface area contributed by atoms with Gasteiger partial charge in [-0.3, -0.25) is 14.2 Å². The van der Waals surface area contributed by atoms with Gasteiger partial charge in [0, 0.05) is 6.07 Å². The van der Waals surface area contributed by atoms with E-state index in [9.17, 15) is 9.59 Å². The second-order valence-corrected chi connectivity index (χ2v) is 7.19. The number of nitrogens with one attached hydrogen (secondary N) is 1. The van der Waals surface area contributed by atoms with E-state index in [-0.39, 0.29) is 18.0 Å². The zero-order valence-corrected chi connectivity index (χ0v) is 16.1. The smallest absolute Gasteiger partial charge is 0.254 e. The van der Waals surface area contributed by atoms with Gasteiger partial charge in [0.1, 0.15) is 18.9 Å². The summed E-state index contributed by atoms with van der Waals surface area (Å²) in [4.78, 5) is 29.4. The molecule has 0 atom stereocenters. The van der Waals surface area contributed by atoms with Crippen LogP contribution in [0.25, 0.3) is 10.6 Å². The van der Waals surface area contributed by atoms with Crippen molar-refractivity contribution in [1.29, 1.82) is 0 Å². The summed E-state index contributed by atoms with van der Waals surface area (Å²) < 4.78 is 6.94. The van der Waals surface area contributed by atoms with Crippen molar-refractivity contribution in [1.82, 2.24) is 14.9 Å². The third-order valence-corrected chi connectivity index (χ3v) is 4.75. The van der Waals surface area contributed by atoms with E-state index in [0.29, 0.717) is 18.8 Å². The highest BCUT2D eigenvalue weighted by molar-refractivity contribution is 7.13. The van der Waals surface area contributed by atoms with Crippen molar-refractivity contribution in [2.45, 2.75) is 20.4 Å². The number of amides is 1. The molecule has 0 aliphatic carbocycles. The topological polar surface area (TPSA) is 73.2 Å². The maximum absolute atomic E-state index is 12.2. The normalized spacial score (nSPS) is 10.6. The van der Waals surface area contributed by atoms with Gasteiger partial charge in [-0.25, -0.2) is 4.98 Å². The average Bonchev–Trinajstić information content (AvgIpc) is 3.14. The Labute approximate surface area is 161 Å². The first kappa shape index (κ1) is 18.8. The number of nitrogens with zero attached hydrogens (tertiary/aromatic N) is 2. The summed E-state index contributed by atoms with van der Waals surface area (Å²) in [5.74, 6) is 0.526. The van der Waals surface area contributed by atoms with Gasteiger partial charge in [0.2, 0.25) is 5.91 Å². The Kier molecular flexibility index (Phi) is 6.03. The van der Waals surface area contributed by atoms with Crippen LogP contribution in [0.4, 0.5) is 0 Å². The second kappa shape index (κ2) is 8.64. The minimum Gasteiger partial charge on any atom is -0.492 e. The standard InChI is InChI=1S/C20H21N3O3S/c1-14-8-15(2)10-16(9-14)26-6-5-21-19(24)12-23-13-22-17(11-20(23)25)18-4-3-7-27-18/h3-4,7-11,13H,5-6,12H2,1-2H3,(H,21,24). The number of aryl methyl sites for hydroxylation is 2. The summed E-state index contributed by atoms with van der Waals surface area (Å²) >= 11 is 1.51. The van der Waals surface area contributed by atoms with Crippen LogP contribution < -0.4 is 15.6 Å². The average molecular weight is 383 g/mol. The SMILES string of the molecule is Cc1cc(C)cc(OCCNC(=O)Cn2cnc(-c3cccs3)cc2=O)c1. The van der Waals surface area contributed by atoms with Crippen LogP contribution in [-0.2, 0) is 11.3 Å². The molecule has 0 saturated heterocycles. The van der Waals surface area contributed by atoms with Gasteiger partial charge in [-0.15, -0.1) is 11.3 Å². The van der Waals surface area contributed by atoms with Gasteiger partial charge in [0.05, 0.1) is 23.4 Å². The highest BCUT2D eigenvalue weighted by Crippen LogP contribution is 2.20. The first-order valence-corrected chi connectivity index (χ1v) is 9.47. The predicted octanol–water partition coefficient (Wildman–Crippen LogP) is 2.78. The van der Waals surface area contributed by atoms with E-state index in [2.05, 4.69) is 16.4 Å². The molecule has 1 N–H and O–H groups in total. The molecule has 0 aliphatic rings. The van der Waals surface area contributed by atoms with E-state index < -0.39 is 0 Å². The Morgan fingerprint density at radius 3 is 2.67 bits per heavy atom. The summed E-state index contributed by atoms with van der Waals surface area (Å²) in [7, 11) is 0. The molecule has 0 unspecified atom stereocenters. The van der Waals surface area contributed by atoms with Crippen LogP contribution in [0.3, 0.4) is 0 Å². The van der Waals surface area contributed by atoms with Gasteiger partial charge >= 0.3 is 0 Å². The van der Waals surface area contributed by atoms with Crippen molar-refractivity contribution in [3.05, 3.63) is 69.6 Å². The van der Waals surface area contributed by atoms with Crippen LogP contribution in [0.2, 0.25) is 0 Å². The number of ether oxygens (including phenoxy) is 1. The lowest BCUT2D eigenvalue weighted by Gasteiger charge is -2.10. The van der Waals surface area contributed by atoms with Crippen molar-refractivity contribution >= 4 is 17.2 Å². The lowest BCUT2D eigenvalue weighted by molar-refractivity contribution is -0.121. The van der Waals surface area contributed by atoms with Gasteiger partial charge in [-0.2, -0.15) is 0 Å². The molecule has 0 bridgehead atoms. The fraction of sp³-hybridized carbons (Fsp3) is 0.250. The predicted molar refractivity (Wildman–Crippen MR) is 106 cm³/mol. The number of aromatic nitrogens is 2. The number of benzene rings is 1. The van der Waals surface area contributed by atoms with E-state index in [1.54, 1.807) is 0 Å². The monoisotopic (exact) mass is 383 g/mol. The molecule has 1 amide bonds. The number of thiophene rings is 1. The molecule has 2 heterocycles. The number of rotatable bonds is 7. The molecule has 1 aromatic carbocycles. The van der Waals surface area contributed by atoms with E-state index in [1.165, 1.54) is 28.3 Å². The Bertz CT molecular complexity index is 960. The number of hydrogen-bond acceptors (Lipinski definition) is 5. The minimum atomic E-state index is -0.258. The summed E-state index contributed by atoms with van der Waals surface area (Å²) in [5.41, 5.74) is 2.63. The maximum atomic E-state index is 12.2. The molecule has 0 saturated carbocycles. The minimum absolute atomic E-state index is 0.0693. The van der Waals surface area contributed by atoms with Gasteiger partial charge in [0.25, 0.3) is 5.56 Å². The number of carbonyl (C=O) groups excluding carboxylic acids is 1. The van der Waals surface area contributed by atoms with Crippen molar-refractivity contribution in [3.63, 3.8) is 0 Å². The molecule has 3 rings (SSSR count). The molecular weight excluding hydrogens is 362 g/mol. The van der Waals surface area contributed by atoms with E-state index in [0.717, 1.165) is 21.8 Å². The zero-order valence-electron chi connectivity index (χ0n) is 15.3. The molecule has 3 aromatic rings. The fourth-order valence-corrected chi connectivity index (χ4v) is 3.38. The highest BCUT2D eigenvalue weighted by atomic mass is 32.1. The lowest BCUT2D eigenvalue weighted by atomic mass is 10.1. The molecule has 27 heavy (non-hydrogen) atoms. The van der Waals surface area contributed by atoms with Gasteiger partial charge < -0.3 is 10.1 Å². The molecular formula is C20H21N3O3S. The molecule has 0 spiro atoms. The summed E-state index contributed by atoms with van der Waals surface area (Å²) in [6, 6.07) is 11.2. The molecule has 7 heteroatoms. The summed E-state index contributed by atoms with van der Waals surface area (Å²) in [6.07, 6.45) is 1.41. The molecule has 140 valence electrons. The fourth-order valence-electron chi connectivity index (χ4n) is 2.69. The summed E-state index contributed by atoms with van der Waals surface area (Å²) in [6.45, 7) is 4.68. The third kappa shape index (κ3) is 5.27. The van der Waals surface area contributed by atoms with Crippen molar-refractivity contribution < 1.29 is 9.53 Å². The molecule has 6 nitrogen and oxygen atoms in total. The van der Waals surface area contributed by atoms with Crippen LogP contribution >= 0.6 is 11.3 Å². The van der Waals surface area contributed by atoms with Gasteiger partial charge in [-0.05, 0) is 48.6 Å². The Balaban J connectivity index is 1.48. The van der Waals surface area contributed by atoms with Gasteiger partial charge in [0.15, 0.2) is 0 Å².